The van der Waals surface area contributed by atoms with Crippen molar-refractivity contribution in [1.82, 2.24) is 5.32 Å². The third-order valence-electron chi connectivity index (χ3n) is 3.69. The van der Waals surface area contributed by atoms with Gasteiger partial charge in [0.25, 0.3) is 0 Å². The molecule has 0 aromatic heterocycles. The fourth-order valence-corrected chi connectivity index (χ4v) is 2.61. The third kappa shape index (κ3) is 2.26. The number of rotatable bonds is 2. The molecule has 2 fully saturated rings. The normalized spacial score (nSPS) is 53.7. The molecular formula is C10H19NO7. The maximum atomic E-state index is 9.94. The maximum Gasteiger partial charge on any atom is 0.162 e. The summed E-state index contributed by atoms with van der Waals surface area (Å²) in [5, 5.41) is 60.3. The van der Waals surface area contributed by atoms with E-state index in [1.165, 1.54) is 0 Å². The molecule has 2 rings (SSSR count). The molecule has 0 amide bonds. The Morgan fingerprint density at radius 2 is 1.67 bits per heavy atom. The number of ether oxygens (including phenoxy) is 1. The summed E-state index contributed by atoms with van der Waals surface area (Å²) in [7, 11) is 0. The SMILES string of the molecule is OC[C@H]1OC(O)[C@H]([C@H]2NC[C@H](O)[C@@H]2O)[C@@H](O)[C@@H]1O. The molecule has 0 aliphatic carbocycles. The van der Waals surface area contributed by atoms with Gasteiger partial charge in [0.1, 0.15) is 12.2 Å². The highest BCUT2D eigenvalue weighted by molar-refractivity contribution is 5.01. The van der Waals surface area contributed by atoms with E-state index < -0.39 is 55.4 Å². The van der Waals surface area contributed by atoms with E-state index in [4.69, 9.17) is 9.84 Å². The van der Waals surface area contributed by atoms with E-state index in [1.807, 2.05) is 0 Å². The lowest BCUT2D eigenvalue weighted by atomic mass is 9.83. The molecule has 106 valence electrons. The maximum absolute atomic E-state index is 9.94. The molecule has 0 aromatic carbocycles. The van der Waals surface area contributed by atoms with Crippen molar-refractivity contribution in [2.24, 2.45) is 5.92 Å². The van der Waals surface area contributed by atoms with Crippen molar-refractivity contribution in [3.8, 4) is 0 Å². The lowest BCUT2D eigenvalue weighted by Crippen LogP contribution is -2.62. The molecular weight excluding hydrogens is 246 g/mol. The van der Waals surface area contributed by atoms with E-state index in [0.29, 0.717) is 0 Å². The van der Waals surface area contributed by atoms with Crippen LogP contribution in [-0.2, 0) is 4.74 Å². The minimum atomic E-state index is -1.45. The highest BCUT2D eigenvalue weighted by Crippen LogP contribution is 2.31. The number of hydrogen-bond acceptors (Lipinski definition) is 8. The Balaban J connectivity index is 2.13. The van der Waals surface area contributed by atoms with Crippen LogP contribution in [-0.4, -0.2) is 86.6 Å². The first kappa shape index (κ1) is 14.1. The van der Waals surface area contributed by atoms with Crippen LogP contribution >= 0.6 is 0 Å². The Labute approximate surface area is 103 Å². The molecule has 18 heavy (non-hydrogen) atoms. The molecule has 0 radical (unpaired) electrons. The van der Waals surface area contributed by atoms with Crippen LogP contribution in [0.1, 0.15) is 0 Å². The van der Waals surface area contributed by atoms with Gasteiger partial charge in [-0.15, -0.1) is 0 Å². The van der Waals surface area contributed by atoms with Crippen molar-refractivity contribution < 1.29 is 35.4 Å². The molecule has 0 saturated carbocycles. The molecule has 8 nitrogen and oxygen atoms in total. The molecule has 0 aromatic rings. The van der Waals surface area contributed by atoms with E-state index in [0.717, 1.165) is 0 Å². The monoisotopic (exact) mass is 265 g/mol. The summed E-state index contributed by atoms with van der Waals surface area (Å²) in [4.78, 5) is 0. The second-order valence-corrected chi connectivity index (χ2v) is 4.80. The van der Waals surface area contributed by atoms with Gasteiger partial charge in [0, 0.05) is 12.6 Å². The predicted octanol–water partition coefficient (Wildman–Crippen LogP) is -4.27. The van der Waals surface area contributed by atoms with Crippen molar-refractivity contribution in [3.05, 3.63) is 0 Å². The van der Waals surface area contributed by atoms with Crippen molar-refractivity contribution in [2.75, 3.05) is 13.2 Å². The minimum absolute atomic E-state index is 0.126. The van der Waals surface area contributed by atoms with Gasteiger partial charge in [-0.05, 0) is 0 Å². The zero-order valence-electron chi connectivity index (χ0n) is 9.62. The Bertz CT molecular complexity index is 291. The van der Waals surface area contributed by atoms with E-state index in [9.17, 15) is 25.5 Å². The number of nitrogens with one attached hydrogen (secondary N) is 1. The topological polar surface area (TPSA) is 143 Å². The highest BCUT2D eigenvalue weighted by Gasteiger charge is 2.51. The van der Waals surface area contributed by atoms with Crippen molar-refractivity contribution in [2.45, 2.75) is 42.9 Å². The van der Waals surface area contributed by atoms with Gasteiger partial charge in [0.15, 0.2) is 6.29 Å². The number of β-amino-alcohol motifs (C(OH)–C–C–N with tert-alkyl or cyclic N) is 1. The fourth-order valence-electron chi connectivity index (χ4n) is 2.61. The summed E-state index contributed by atoms with van der Waals surface area (Å²) in [6.07, 6.45) is -7.42. The number of hydrogen-bond donors (Lipinski definition) is 7. The number of aliphatic hydroxyl groups excluding tert-OH is 6. The third-order valence-corrected chi connectivity index (χ3v) is 3.69. The average Bonchev–Trinajstić information content (AvgIpc) is 2.66. The molecule has 1 unspecified atom stereocenters. The van der Waals surface area contributed by atoms with E-state index in [2.05, 4.69) is 5.32 Å². The summed E-state index contributed by atoms with van der Waals surface area (Å²) < 4.78 is 4.99. The molecule has 2 heterocycles. The van der Waals surface area contributed by atoms with Crippen LogP contribution in [0.15, 0.2) is 0 Å². The molecule has 2 aliphatic rings. The smallest absolute Gasteiger partial charge is 0.162 e. The van der Waals surface area contributed by atoms with Crippen LogP contribution in [0.5, 0.6) is 0 Å². The summed E-state index contributed by atoms with van der Waals surface area (Å²) in [6, 6.07) is -0.792. The van der Waals surface area contributed by atoms with Gasteiger partial charge in [0.2, 0.25) is 0 Å². The fraction of sp³-hybridized carbons (Fsp3) is 1.00. The van der Waals surface area contributed by atoms with Crippen LogP contribution < -0.4 is 5.32 Å². The quantitative estimate of drug-likeness (QED) is 0.266. The molecule has 0 spiro atoms. The van der Waals surface area contributed by atoms with Crippen molar-refractivity contribution >= 4 is 0 Å². The standard InChI is InChI=1S/C10H19NO7/c12-2-4-8(15)9(16)5(10(17)18-4)6-7(14)3(13)1-11-6/h3-17H,1-2H2/t3-,4+,5+,6+,7-,8+,9+,10?/m0/s1. The summed E-state index contributed by atoms with van der Waals surface area (Å²) >= 11 is 0. The lowest BCUT2D eigenvalue weighted by Gasteiger charge is -2.43. The second-order valence-electron chi connectivity index (χ2n) is 4.80. The van der Waals surface area contributed by atoms with Gasteiger partial charge in [-0.25, -0.2) is 0 Å². The largest absolute Gasteiger partial charge is 0.394 e. The molecule has 0 bridgehead atoms. The lowest BCUT2D eigenvalue weighted by molar-refractivity contribution is -0.277. The van der Waals surface area contributed by atoms with E-state index in [-0.39, 0.29) is 6.54 Å². The first-order valence-corrected chi connectivity index (χ1v) is 5.87. The first-order chi connectivity index (χ1) is 8.47. The molecule has 2 aliphatic heterocycles. The Kier molecular flexibility index (Phi) is 4.19. The van der Waals surface area contributed by atoms with E-state index in [1.54, 1.807) is 0 Å². The van der Waals surface area contributed by atoms with Crippen LogP contribution in [0.2, 0.25) is 0 Å². The van der Waals surface area contributed by atoms with Crippen LogP contribution in [0.3, 0.4) is 0 Å². The zero-order valence-corrected chi connectivity index (χ0v) is 9.62. The zero-order chi connectivity index (χ0) is 13.4. The van der Waals surface area contributed by atoms with Gasteiger partial charge >= 0.3 is 0 Å². The number of aliphatic hydroxyl groups is 6. The summed E-state index contributed by atoms with van der Waals surface area (Å²) in [6.45, 7) is -0.410. The van der Waals surface area contributed by atoms with Crippen molar-refractivity contribution in [1.29, 1.82) is 0 Å². The summed E-state index contributed by atoms with van der Waals surface area (Å²) in [5.41, 5.74) is 0. The molecule has 8 heteroatoms. The van der Waals surface area contributed by atoms with Gasteiger partial charge in [0.05, 0.1) is 30.8 Å². The molecule has 8 atom stereocenters. The average molecular weight is 265 g/mol. The van der Waals surface area contributed by atoms with Crippen LogP contribution in [0.4, 0.5) is 0 Å². The first-order valence-electron chi connectivity index (χ1n) is 5.87. The molecule has 7 N–H and O–H groups in total. The van der Waals surface area contributed by atoms with Gasteiger partial charge in [-0.2, -0.15) is 0 Å². The Morgan fingerprint density at radius 1 is 1.00 bits per heavy atom. The van der Waals surface area contributed by atoms with Crippen LogP contribution in [0, 0.1) is 5.92 Å². The van der Waals surface area contributed by atoms with Gasteiger partial charge in [-0.1, -0.05) is 0 Å². The van der Waals surface area contributed by atoms with Crippen molar-refractivity contribution in [3.63, 3.8) is 0 Å². The highest BCUT2D eigenvalue weighted by atomic mass is 16.6. The van der Waals surface area contributed by atoms with Crippen LogP contribution in [0.25, 0.3) is 0 Å². The summed E-state index contributed by atoms with van der Waals surface area (Å²) in [5.74, 6) is -0.991. The Hall–Kier alpha value is -0.320. The van der Waals surface area contributed by atoms with E-state index >= 15 is 0 Å². The molecule has 2 saturated heterocycles. The second kappa shape index (κ2) is 5.35. The van der Waals surface area contributed by atoms with Gasteiger partial charge in [-0.3, -0.25) is 0 Å². The minimum Gasteiger partial charge on any atom is -0.394 e. The Morgan fingerprint density at radius 3 is 2.17 bits per heavy atom. The van der Waals surface area contributed by atoms with Gasteiger partial charge < -0.3 is 40.7 Å². The predicted molar refractivity (Wildman–Crippen MR) is 57.3 cm³/mol.